The molecule has 2 aromatic carbocycles. The van der Waals surface area contributed by atoms with Gasteiger partial charge in [-0.25, -0.2) is 4.98 Å². The van der Waals surface area contributed by atoms with Crippen LogP contribution in [0.2, 0.25) is 0 Å². The number of aromatic nitrogens is 4. The molecule has 0 saturated heterocycles. The van der Waals surface area contributed by atoms with E-state index in [0.29, 0.717) is 21.9 Å². The average Bonchev–Trinajstić information content (AvgIpc) is 3.13. The largest absolute Gasteiger partial charge is 0.299 e. The second-order valence-corrected chi connectivity index (χ2v) is 7.38. The van der Waals surface area contributed by atoms with Crippen LogP contribution in [0, 0.1) is 13.8 Å². The minimum atomic E-state index is -0.353. The number of aryl methyl sites for hydroxylation is 2. The molecule has 0 saturated carbocycles. The van der Waals surface area contributed by atoms with Gasteiger partial charge >= 0.3 is 0 Å². The number of benzene rings is 2. The molecule has 0 atom stereocenters. The minimum absolute atomic E-state index is 0.137. The summed E-state index contributed by atoms with van der Waals surface area (Å²) in [4.78, 5) is 29.5. The Bertz CT molecular complexity index is 1240. The fourth-order valence-electron chi connectivity index (χ4n) is 2.94. The molecule has 0 spiro atoms. The summed E-state index contributed by atoms with van der Waals surface area (Å²) >= 11 is 1.29. The van der Waals surface area contributed by atoms with Crippen molar-refractivity contribution in [2.24, 2.45) is 0 Å². The van der Waals surface area contributed by atoms with Crippen LogP contribution in [0.25, 0.3) is 21.5 Å². The van der Waals surface area contributed by atoms with E-state index in [0.717, 1.165) is 16.1 Å². The number of rotatable bonds is 4. The summed E-state index contributed by atoms with van der Waals surface area (Å²) in [6.07, 6.45) is 0. The van der Waals surface area contributed by atoms with Crippen molar-refractivity contribution in [1.29, 1.82) is 0 Å². The van der Waals surface area contributed by atoms with Gasteiger partial charge in [0.25, 0.3) is 5.56 Å². The number of nitrogens with zero attached hydrogens (tertiary/aromatic N) is 4. The van der Waals surface area contributed by atoms with Crippen molar-refractivity contribution in [3.05, 3.63) is 70.3 Å². The van der Waals surface area contributed by atoms with Crippen molar-refractivity contribution in [3.8, 4) is 10.6 Å². The van der Waals surface area contributed by atoms with E-state index in [4.69, 9.17) is 0 Å². The molecule has 2 heterocycles. The number of hydrogen-bond acceptors (Lipinski definition) is 6. The molecule has 0 fully saturated rings. The first-order valence-corrected chi connectivity index (χ1v) is 9.49. The number of nitrogens with one attached hydrogen (secondary N) is 1. The van der Waals surface area contributed by atoms with E-state index >= 15 is 0 Å². The molecule has 4 rings (SSSR count). The number of hydrogen-bond donors (Lipinski definition) is 1. The maximum atomic E-state index is 12.7. The first-order chi connectivity index (χ1) is 13.5. The van der Waals surface area contributed by atoms with Crippen LogP contribution in [0.5, 0.6) is 0 Å². The number of anilines is 1. The van der Waals surface area contributed by atoms with Gasteiger partial charge in [0.15, 0.2) is 0 Å². The molecule has 7 nitrogen and oxygen atoms in total. The molecule has 2 aromatic heterocycles. The summed E-state index contributed by atoms with van der Waals surface area (Å²) in [5.74, 6) is 0.130. The first-order valence-electron chi connectivity index (χ1n) is 8.68. The molecule has 1 amide bonds. The third-order valence-electron chi connectivity index (χ3n) is 4.29. The fraction of sp³-hybridized carbons (Fsp3) is 0.150. The summed E-state index contributed by atoms with van der Waals surface area (Å²) in [6, 6.07) is 15.0. The highest BCUT2D eigenvalue weighted by Crippen LogP contribution is 2.26. The van der Waals surface area contributed by atoms with Crippen LogP contribution < -0.4 is 10.9 Å². The molecule has 0 unspecified atom stereocenters. The third kappa shape index (κ3) is 3.54. The van der Waals surface area contributed by atoms with E-state index in [2.05, 4.69) is 20.5 Å². The fourth-order valence-corrected chi connectivity index (χ4v) is 3.69. The standard InChI is InChI=1S/C20H17N5O2S/c1-12-6-5-7-14(10-12)18-23-24-20(28-18)22-17(26)11-25-13(2)21-16-9-4-3-8-15(16)19(25)27/h3-10H,11H2,1-2H3,(H,22,24,26). The molecule has 4 aromatic rings. The molecule has 0 radical (unpaired) electrons. The van der Waals surface area contributed by atoms with Crippen LogP contribution >= 0.6 is 11.3 Å². The molecular formula is C20H17N5O2S. The zero-order valence-electron chi connectivity index (χ0n) is 15.3. The second-order valence-electron chi connectivity index (χ2n) is 6.40. The molecule has 0 bridgehead atoms. The van der Waals surface area contributed by atoms with Crippen LogP contribution in [-0.2, 0) is 11.3 Å². The number of fused-ring (bicyclic) bond motifs is 1. The summed E-state index contributed by atoms with van der Waals surface area (Å²) in [5.41, 5.74) is 2.45. The average molecular weight is 391 g/mol. The zero-order chi connectivity index (χ0) is 19.7. The van der Waals surface area contributed by atoms with Gasteiger partial charge in [-0.05, 0) is 32.0 Å². The van der Waals surface area contributed by atoms with Crippen LogP contribution in [0.1, 0.15) is 11.4 Å². The number of para-hydroxylation sites is 1. The Morgan fingerprint density at radius 2 is 1.93 bits per heavy atom. The van der Waals surface area contributed by atoms with Gasteiger partial charge in [0.05, 0.1) is 10.9 Å². The van der Waals surface area contributed by atoms with Crippen molar-refractivity contribution >= 4 is 33.3 Å². The Balaban J connectivity index is 1.54. The van der Waals surface area contributed by atoms with Crippen molar-refractivity contribution in [2.75, 3.05) is 5.32 Å². The number of carbonyl (C=O) groups is 1. The highest BCUT2D eigenvalue weighted by molar-refractivity contribution is 7.18. The smallest absolute Gasteiger partial charge is 0.261 e. The molecular weight excluding hydrogens is 374 g/mol. The molecule has 0 aliphatic carbocycles. The zero-order valence-corrected chi connectivity index (χ0v) is 16.2. The van der Waals surface area contributed by atoms with E-state index in [-0.39, 0.29) is 18.0 Å². The van der Waals surface area contributed by atoms with Crippen molar-refractivity contribution < 1.29 is 4.79 Å². The Morgan fingerprint density at radius 1 is 1.11 bits per heavy atom. The summed E-state index contributed by atoms with van der Waals surface area (Å²) < 4.78 is 1.36. The molecule has 140 valence electrons. The van der Waals surface area contributed by atoms with Crippen LogP contribution in [0.4, 0.5) is 5.13 Å². The highest BCUT2D eigenvalue weighted by Gasteiger charge is 2.14. The van der Waals surface area contributed by atoms with Gasteiger partial charge in [-0.2, -0.15) is 0 Å². The van der Waals surface area contributed by atoms with Crippen LogP contribution in [-0.4, -0.2) is 25.7 Å². The van der Waals surface area contributed by atoms with E-state index in [1.807, 2.05) is 37.3 Å². The van der Waals surface area contributed by atoms with Crippen molar-refractivity contribution in [3.63, 3.8) is 0 Å². The van der Waals surface area contributed by atoms with Gasteiger partial charge in [-0.15, -0.1) is 10.2 Å². The van der Waals surface area contributed by atoms with Gasteiger partial charge in [-0.3, -0.25) is 19.5 Å². The molecule has 0 aliphatic rings. The molecule has 28 heavy (non-hydrogen) atoms. The Hall–Kier alpha value is -3.39. The van der Waals surface area contributed by atoms with E-state index in [1.54, 1.807) is 25.1 Å². The first kappa shape index (κ1) is 18.0. The normalized spacial score (nSPS) is 10.9. The predicted molar refractivity (Wildman–Crippen MR) is 109 cm³/mol. The van der Waals surface area contributed by atoms with Crippen molar-refractivity contribution in [2.45, 2.75) is 20.4 Å². The van der Waals surface area contributed by atoms with Gasteiger partial charge in [0.2, 0.25) is 11.0 Å². The van der Waals surface area contributed by atoms with E-state index < -0.39 is 0 Å². The summed E-state index contributed by atoms with van der Waals surface area (Å²) in [7, 11) is 0. The van der Waals surface area contributed by atoms with Gasteiger partial charge in [-0.1, -0.05) is 47.2 Å². The Morgan fingerprint density at radius 3 is 2.75 bits per heavy atom. The van der Waals surface area contributed by atoms with Crippen LogP contribution in [0.3, 0.4) is 0 Å². The van der Waals surface area contributed by atoms with E-state index in [9.17, 15) is 9.59 Å². The summed E-state index contributed by atoms with van der Waals surface area (Å²) in [5, 5.41) is 12.5. The Labute approximate surface area is 164 Å². The number of carbonyl (C=O) groups excluding carboxylic acids is 1. The van der Waals surface area contributed by atoms with Crippen LogP contribution in [0.15, 0.2) is 53.3 Å². The topological polar surface area (TPSA) is 89.8 Å². The molecule has 8 heteroatoms. The van der Waals surface area contributed by atoms with Gasteiger partial charge in [0.1, 0.15) is 17.4 Å². The highest BCUT2D eigenvalue weighted by atomic mass is 32.1. The van der Waals surface area contributed by atoms with Gasteiger partial charge in [0, 0.05) is 5.56 Å². The lowest BCUT2D eigenvalue weighted by atomic mass is 10.1. The lowest BCUT2D eigenvalue weighted by Gasteiger charge is -2.10. The summed E-state index contributed by atoms with van der Waals surface area (Å²) in [6.45, 7) is 3.58. The maximum absolute atomic E-state index is 12.7. The Kier molecular flexibility index (Phi) is 4.70. The minimum Gasteiger partial charge on any atom is -0.299 e. The lowest BCUT2D eigenvalue weighted by Crippen LogP contribution is -2.30. The maximum Gasteiger partial charge on any atom is 0.261 e. The van der Waals surface area contributed by atoms with Gasteiger partial charge < -0.3 is 0 Å². The monoisotopic (exact) mass is 391 g/mol. The quantitative estimate of drug-likeness (QED) is 0.577. The molecule has 1 N–H and O–H groups in total. The molecule has 0 aliphatic heterocycles. The number of amides is 1. The SMILES string of the molecule is Cc1cccc(-c2nnc(NC(=O)Cn3c(C)nc4ccccc4c3=O)s2)c1. The lowest BCUT2D eigenvalue weighted by molar-refractivity contribution is -0.116. The third-order valence-corrected chi connectivity index (χ3v) is 5.18. The van der Waals surface area contributed by atoms with E-state index in [1.165, 1.54) is 15.9 Å². The predicted octanol–water partition coefficient (Wildman–Crippen LogP) is 3.17. The second kappa shape index (κ2) is 7.32. The van der Waals surface area contributed by atoms with Crippen molar-refractivity contribution in [1.82, 2.24) is 19.7 Å².